The van der Waals surface area contributed by atoms with Crippen molar-refractivity contribution in [3.8, 4) is 0 Å². The van der Waals surface area contributed by atoms with Gasteiger partial charge in [-0.05, 0) is 39.2 Å². The molecular formula is C12H27N. The van der Waals surface area contributed by atoms with Crippen molar-refractivity contribution in [1.29, 1.82) is 0 Å². The first kappa shape index (κ1) is 13.0. The zero-order chi connectivity index (χ0) is 10.3. The van der Waals surface area contributed by atoms with E-state index in [9.17, 15) is 0 Å². The van der Waals surface area contributed by atoms with Crippen LogP contribution in [0.5, 0.6) is 0 Å². The van der Waals surface area contributed by atoms with Crippen molar-refractivity contribution in [3.05, 3.63) is 0 Å². The van der Waals surface area contributed by atoms with Gasteiger partial charge in [-0.15, -0.1) is 0 Å². The van der Waals surface area contributed by atoms with Crippen molar-refractivity contribution in [3.63, 3.8) is 0 Å². The van der Waals surface area contributed by atoms with Gasteiger partial charge < -0.3 is 5.32 Å². The van der Waals surface area contributed by atoms with E-state index in [0.717, 1.165) is 5.92 Å². The van der Waals surface area contributed by atoms with Gasteiger partial charge in [-0.1, -0.05) is 33.6 Å². The van der Waals surface area contributed by atoms with Crippen LogP contribution in [0.3, 0.4) is 0 Å². The minimum Gasteiger partial charge on any atom is -0.315 e. The summed E-state index contributed by atoms with van der Waals surface area (Å²) >= 11 is 0. The molecule has 0 radical (unpaired) electrons. The Labute approximate surface area is 84.3 Å². The Kier molecular flexibility index (Phi) is 6.40. The van der Waals surface area contributed by atoms with Crippen molar-refractivity contribution in [2.45, 2.75) is 65.3 Å². The summed E-state index contributed by atoms with van der Waals surface area (Å²) in [6.07, 6.45) is 6.59. The van der Waals surface area contributed by atoms with Gasteiger partial charge in [-0.3, -0.25) is 0 Å². The maximum atomic E-state index is 3.43. The molecule has 0 saturated heterocycles. The summed E-state index contributed by atoms with van der Waals surface area (Å²) in [5, 5.41) is 3.43. The number of hydrogen-bond acceptors (Lipinski definition) is 1. The molecule has 0 unspecified atom stereocenters. The first-order valence-corrected chi connectivity index (χ1v) is 5.77. The Morgan fingerprint density at radius 1 is 1.23 bits per heavy atom. The summed E-state index contributed by atoms with van der Waals surface area (Å²) in [5.41, 5.74) is 0.363. The molecule has 0 heterocycles. The number of rotatable bonds is 7. The lowest BCUT2D eigenvalue weighted by Gasteiger charge is -2.29. The second kappa shape index (κ2) is 6.42. The fourth-order valence-electron chi connectivity index (χ4n) is 1.68. The highest BCUT2D eigenvalue weighted by Crippen LogP contribution is 2.21. The first-order chi connectivity index (χ1) is 6.08. The fourth-order valence-corrected chi connectivity index (χ4v) is 1.68. The third kappa shape index (κ3) is 5.30. The highest BCUT2D eigenvalue weighted by molar-refractivity contribution is 4.80. The number of nitrogens with one attached hydrogen (secondary N) is 1. The van der Waals surface area contributed by atoms with Crippen LogP contribution in [0.4, 0.5) is 0 Å². The van der Waals surface area contributed by atoms with E-state index in [2.05, 4.69) is 40.1 Å². The molecule has 0 fully saturated rings. The second-order valence-corrected chi connectivity index (χ2v) is 4.60. The van der Waals surface area contributed by atoms with Crippen LogP contribution in [-0.4, -0.2) is 12.6 Å². The zero-order valence-electron chi connectivity index (χ0n) is 10.1. The zero-order valence-corrected chi connectivity index (χ0v) is 10.1. The van der Waals surface area contributed by atoms with Crippen LogP contribution in [0.1, 0.15) is 59.8 Å². The summed E-state index contributed by atoms with van der Waals surface area (Å²) in [5.74, 6) is 0.893. The molecule has 0 rings (SSSR count). The predicted molar refractivity (Wildman–Crippen MR) is 61.1 cm³/mol. The molecular weight excluding hydrogens is 158 g/mol. The summed E-state index contributed by atoms with van der Waals surface area (Å²) in [6, 6.07) is 0. The van der Waals surface area contributed by atoms with Gasteiger partial charge in [0, 0.05) is 5.54 Å². The van der Waals surface area contributed by atoms with Crippen LogP contribution < -0.4 is 5.32 Å². The minimum absolute atomic E-state index is 0.363. The third-order valence-corrected chi connectivity index (χ3v) is 3.35. The molecule has 80 valence electrons. The normalized spacial score (nSPS) is 18.2. The smallest absolute Gasteiger partial charge is 0.0147 e. The van der Waals surface area contributed by atoms with Crippen molar-refractivity contribution in [2.75, 3.05) is 7.05 Å². The van der Waals surface area contributed by atoms with Crippen molar-refractivity contribution >= 4 is 0 Å². The minimum atomic E-state index is 0.363. The number of hydrogen-bond donors (Lipinski definition) is 1. The summed E-state index contributed by atoms with van der Waals surface area (Å²) in [7, 11) is 2.08. The van der Waals surface area contributed by atoms with E-state index in [1.54, 1.807) is 0 Å². The lowest BCUT2D eigenvalue weighted by Crippen LogP contribution is -2.39. The Morgan fingerprint density at radius 2 is 1.85 bits per heavy atom. The lowest BCUT2D eigenvalue weighted by atomic mass is 9.88. The van der Waals surface area contributed by atoms with E-state index in [1.807, 2.05) is 0 Å². The van der Waals surface area contributed by atoms with E-state index in [0.29, 0.717) is 5.54 Å². The van der Waals surface area contributed by atoms with Gasteiger partial charge in [-0.25, -0.2) is 0 Å². The molecule has 2 atom stereocenters. The summed E-state index contributed by atoms with van der Waals surface area (Å²) in [4.78, 5) is 0. The van der Waals surface area contributed by atoms with Gasteiger partial charge in [0.25, 0.3) is 0 Å². The Hall–Kier alpha value is -0.0400. The van der Waals surface area contributed by atoms with Crippen LogP contribution in [0.2, 0.25) is 0 Å². The molecule has 0 aliphatic carbocycles. The molecule has 0 amide bonds. The predicted octanol–water partition coefficient (Wildman–Crippen LogP) is 3.59. The average molecular weight is 185 g/mol. The van der Waals surface area contributed by atoms with E-state index in [1.165, 1.54) is 32.1 Å². The van der Waals surface area contributed by atoms with Gasteiger partial charge >= 0.3 is 0 Å². The van der Waals surface area contributed by atoms with Gasteiger partial charge in [0.1, 0.15) is 0 Å². The Morgan fingerprint density at radius 3 is 2.23 bits per heavy atom. The molecule has 0 bridgehead atoms. The lowest BCUT2D eigenvalue weighted by molar-refractivity contribution is 0.306. The van der Waals surface area contributed by atoms with Crippen molar-refractivity contribution in [1.82, 2.24) is 5.32 Å². The quantitative estimate of drug-likeness (QED) is 0.639. The van der Waals surface area contributed by atoms with Crippen molar-refractivity contribution < 1.29 is 0 Å². The van der Waals surface area contributed by atoms with Gasteiger partial charge in [0.05, 0.1) is 0 Å². The Bertz CT molecular complexity index is 116. The van der Waals surface area contributed by atoms with Crippen LogP contribution in [-0.2, 0) is 0 Å². The molecule has 1 nitrogen and oxygen atoms in total. The molecule has 0 aliphatic rings. The van der Waals surface area contributed by atoms with Crippen LogP contribution in [0.15, 0.2) is 0 Å². The van der Waals surface area contributed by atoms with Crippen LogP contribution >= 0.6 is 0 Å². The Balaban J connectivity index is 3.71. The summed E-state index contributed by atoms with van der Waals surface area (Å²) < 4.78 is 0. The van der Waals surface area contributed by atoms with E-state index >= 15 is 0 Å². The molecule has 0 saturated carbocycles. The largest absolute Gasteiger partial charge is 0.315 e. The average Bonchev–Trinajstić information content (AvgIpc) is 2.15. The van der Waals surface area contributed by atoms with Gasteiger partial charge in [0.2, 0.25) is 0 Å². The van der Waals surface area contributed by atoms with E-state index in [-0.39, 0.29) is 0 Å². The molecule has 0 aromatic heterocycles. The topological polar surface area (TPSA) is 12.0 Å². The SMILES string of the molecule is CCC[C@@H](C)CC[C@](C)(CC)NC. The second-order valence-electron chi connectivity index (χ2n) is 4.60. The fraction of sp³-hybridized carbons (Fsp3) is 1.00. The summed E-state index contributed by atoms with van der Waals surface area (Å²) in [6.45, 7) is 9.23. The van der Waals surface area contributed by atoms with E-state index < -0.39 is 0 Å². The molecule has 1 heteroatoms. The van der Waals surface area contributed by atoms with Crippen LogP contribution in [0, 0.1) is 5.92 Å². The monoisotopic (exact) mass is 185 g/mol. The molecule has 0 aromatic carbocycles. The van der Waals surface area contributed by atoms with E-state index in [4.69, 9.17) is 0 Å². The molecule has 0 spiro atoms. The van der Waals surface area contributed by atoms with Crippen molar-refractivity contribution in [2.24, 2.45) is 5.92 Å². The molecule has 0 aliphatic heterocycles. The highest BCUT2D eigenvalue weighted by atomic mass is 14.9. The van der Waals surface area contributed by atoms with Crippen LogP contribution in [0.25, 0.3) is 0 Å². The first-order valence-electron chi connectivity index (χ1n) is 5.77. The standard InChI is InChI=1S/C12H27N/c1-6-8-11(3)9-10-12(4,7-2)13-5/h11,13H,6-10H2,1-5H3/t11-,12+/m1/s1. The van der Waals surface area contributed by atoms with Gasteiger partial charge in [0.15, 0.2) is 0 Å². The van der Waals surface area contributed by atoms with Gasteiger partial charge in [-0.2, -0.15) is 0 Å². The molecule has 13 heavy (non-hydrogen) atoms. The maximum Gasteiger partial charge on any atom is 0.0147 e. The molecule has 1 N–H and O–H groups in total. The highest BCUT2D eigenvalue weighted by Gasteiger charge is 2.19. The third-order valence-electron chi connectivity index (χ3n) is 3.35. The maximum absolute atomic E-state index is 3.43. The molecule has 0 aromatic rings.